The topological polar surface area (TPSA) is 63.7 Å². The SMILES string of the molecule is CCOc1ccc(N(C(=O)c2c(F)cccc2Cl)[C@@H]2C=CS(=O)(=O)C2)cc1. The number of nitrogens with zero attached hydrogens (tertiary/aromatic N) is 1. The molecule has 5 nitrogen and oxygen atoms in total. The van der Waals surface area contributed by atoms with Crippen LogP contribution in [-0.2, 0) is 9.84 Å². The maximum absolute atomic E-state index is 14.3. The van der Waals surface area contributed by atoms with Crippen LogP contribution in [0.15, 0.2) is 53.9 Å². The number of carbonyl (C=O) groups is 1. The van der Waals surface area contributed by atoms with Crippen LogP contribution < -0.4 is 9.64 Å². The van der Waals surface area contributed by atoms with Crippen LogP contribution in [0.25, 0.3) is 0 Å². The molecule has 3 rings (SSSR count). The predicted molar refractivity (Wildman–Crippen MR) is 103 cm³/mol. The van der Waals surface area contributed by atoms with Gasteiger partial charge in [-0.3, -0.25) is 4.79 Å². The summed E-state index contributed by atoms with van der Waals surface area (Å²) < 4.78 is 43.4. The summed E-state index contributed by atoms with van der Waals surface area (Å²) in [6, 6.07) is 9.75. The van der Waals surface area contributed by atoms with Gasteiger partial charge >= 0.3 is 0 Å². The molecule has 0 aromatic heterocycles. The molecule has 0 unspecified atom stereocenters. The average Bonchev–Trinajstić information content (AvgIpc) is 2.96. The fraction of sp³-hybridized carbons (Fsp3) is 0.211. The number of carbonyl (C=O) groups excluding carboxylic acids is 1. The van der Waals surface area contributed by atoms with Crippen molar-refractivity contribution in [2.75, 3.05) is 17.3 Å². The first-order valence-corrected chi connectivity index (χ1v) is 10.3. The maximum atomic E-state index is 14.3. The van der Waals surface area contributed by atoms with E-state index in [0.717, 1.165) is 11.5 Å². The summed E-state index contributed by atoms with van der Waals surface area (Å²) >= 11 is 6.04. The van der Waals surface area contributed by atoms with E-state index in [-0.39, 0.29) is 16.3 Å². The second-order valence-corrected chi connectivity index (χ2v) is 8.26. The van der Waals surface area contributed by atoms with Crippen molar-refractivity contribution in [1.29, 1.82) is 0 Å². The number of benzene rings is 2. The second-order valence-electron chi connectivity index (χ2n) is 5.92. The second kappa shape index (κ2) is 7.70. The van der Waals surface area contributed by atoms with Crippen molar-refractivity contribution in [3.63, 3.8) is 0 Å². The first-order chi connectivity index (χ1) is 12.8. The van der Waals surface area contributed by atoms with Crippen molar-refractivity contribution < 1.29 is 22.3 Å². The summed E-state index contributed by atoms with van der Waals surface area (Å²) in [5, 5.41) is 1.02. The van der Waals surface area contributed by atoms with Gasteiger partial charge in [0.25, 0.3) is 5.91 Å². The third-order valence-electron chi connectivity index (χ3n) is 4.06. The van der Waals surface area contributed by atoms with Crippen LogP contribution >= 0.6 is 11.6 Å². The zero-order chi connectivity index (χ0) is 19.6. The molecule has 0 radical (unpaired) electrons. The Morgan fingerprint density at radius 1 is 1.26 bits per heavy atom. The highest BCUT2D eigenvalue weighted by molar-refractivity contribution is 7.94. The third-order valence-corrected chi connectivity index (χ3v) is 5.76. The van der Waals surface area contributed by atoms with Crippen LogP contribution in [0.3, 0.4) is 0 Å². The molecule has 2 aromatic carbocycles. The van der Waals surface area contributed by atoms with Crippen LogP contribution in [-0.4, -0.2) is 32.7 Å². The number of hydrogen-bond donors (Lipinski definition) is 0. The van der Waals surface area contributed by atoms with E-state index in [2.05, 4.69) is 0 Å². The quantitative estimate of drug-likeness (QED) is 0.752. The fourth-order valence-corrected chi connectivity index (χ4v) is 4.38. The molecule has 0 bridgehead atoms. The van der Waals surface area contributed by atoms with E-state index in [0.29, 0.717) is 18.0 Å². The zero-order valence-electron chi connectivity index (χ0n) is 14.4. The number of anilines is 1. The summed E-state index contributed by atoms with van der Waals surface area (Å²) in [5.74, 6) is -1.16. The monoisotopic (exact) mass is 409 g/mol. The molecule has 27 heavy (non-hydrogen) atoms. The van der Waals surface area contributed by atoms with Crippen molar-refractivity contribution in [3.8, 4) is 5.75 Å². The Labute approximate surface area is 161 Å². The molecule has 142 valence electrons. The van der Waals surface area contributed by atoms with Gasteiger partial charge in [-0.15, -0.1) is 0 Å². The van der Waals surface area contributed by atoms with E-state index in [4.69, 9.17) is 16.3 Å². The Hall–Kier alpha value is -2.38. The van der Waals surface area contributed by atoms with Gasteiger partial charge in [0, 0.05) is 11.1 Å². The Balaban J connectivity index is 2.05. The molecule has 1 atom stereocenters. The first kappa shape index (κ1) is 19.4. The largest absolute Gasteiger partial charge is 0.494 e. The number of ether oxygens (including phenoxy) is 1. The number of amides is 1. The summed E-state index contributed by atoms with van der Waals surface area (Å²) in [6.07, 6.45) is 1.42. The minimum absolute atomic E-state index is 0.0410. The molecule has 1 aliphatic heterocycles. The van der Waals surface area contributed by atoms with Crippen molar-refractivity contribution in [2.45, 2.75) is 13.0 Å². The molecule has 0 saturated carbocycles. The minimum Gasteiger partial charge on any atom is -0.494 e. The van der Waals surface area contributed by atoms with Crippen LogP contribution in [0, 0.1) is 5.82 Å². The molecule has 0 spiro atoms. The van der Waals surface area contributed by atoms with Crippen LogP contribution in [0.5, 0.6) is 5.75 Å². The van der Waals surface area contributed by atoms with E-state index in [1.165, 1.54) is 23.1 Å². The molecule has 0 N–H and O–H groups in total. The highest BCUT2D eigenvalue weighted by Crippen LogP contribution is 2.29. The fourth-order valence-electron chi connectivity index (χ4n) is 2.87. The average molecular weight is 410 g/mol. The summed E-state index contributed by atoms with van der Waals surface area (Å²) in [5.41, 5.74) is 0.111. The molecule has 0 aliphatic carbocycles. The maximum Gasteiger partial charge on any atom is 0.263 e. The van der Waals surface area contributed by atoms with Crippen LogP contribution in [0.1, 0.15) is 17.3 Å². The number of hydrogen-bond acceptors (Lipinski definition) is 4. The van der Waals surface area contributed by atoms with Crippen molar-refractivity contribution in [2.24, 2.45) is 0 Å². The lowest BCUT2D eigenvalue weighted by molar-refractivity contribution is 0.0979. The van der Waals surface area contributed by atoms with E-state index in [1.807, 2.05) is 6.92 Å². The lowest BCUT2D eigenvalue weighted by atomic mass is 10.1. The number of rotatable bonds is 5. The van der Waals surface area contributed by atoms with Gasteiger partial charge in [0.05, 0.1) is 29.0 Å². The normalized spacial score (nSPS) is 17.7. The highest BCUT2D eigenvalue weighted by atomic mass is 35.5. The van der Waals surface area contributed by atoms with Gasteiger partial charge in [-0.05, 0) is 49.4 Å². The van der Waals surface area contributed by atoms with E-state index in [1.54, 1.807) is 24.3 Å². The van der Waals surface area contributed by atoms with Gasteiger partial charge in [0.15, 0.2) is 9.84 Å². The predicted octanol–water partition coefficient (Wildman–Crippen LogP) is 3.84. The molecular formula is C19H17ClFNO4S. The molecule has 0 saturated heterocycles. The van der Waals surface area contributed by atoms with Crippen molar-refractivity contribution in [1.82, 2.24) is 0 Å². The van der Waals surface area contributed by atoms with Gasteiger partial charge in [0.1, 0.15) is 11.6 Å². The van der Waals surface area contributed by atoms with E-state index in [9.17, 15) is 17.6 Å². The van der Waals surface area contributed by atoms with Gasteiger partial charge in [-0.1, -0.05) is 17.7 Å². The molecule has 8 heteroatoms. The molecule has 1 heterocycles. The molecular weight excluding hydrogens is 393 g/mol. The smallest absolute Gasteiger partial charge is 0.263 e. The third kappa shape index (κ3) is 4.14. The first-order valence-electron chi connectivity index (χ1n) is 8.24. The molecule has 1 aliphatic rings. The Bertz CT molecular complexity index is 969. The van der Waals surface area contributed by atoms with Gasteiger partial charge in [0.2, 0.25) is 0 Å². The van der Waals surface area contributed by atoms with Crippen molar-refractivity contribution in [3.05, 3.63) is 70.4 Å². The molecule has 1 amide bonds. The summed E-state index contributed by atoms with van der Waals surface area (Å²) in [6.45, 7) is 2.33. The standard InChI is InChI=1S/C19H17ClFNO4S/c1-2-26-15-8-6-13(7-9-15)22(14-10-11-27(24,25)12-14)19(23)18-16(20)4-3-5-17(18)21/h3-11,14H,2,12H2,1H3/t14-/m1/s1. The zero-order valence-corrected chi connectivity index (χ0v) is 16.0. The Kier molecular flexibility index (Phi) is 5.53. The van der Waals surface area contributed by atoms with Crippen LogP contribution in [0.4, 0.5) is 10.1 Å². The van der Waals surface area contributed by atoms with Gasteiger partial charge in [-0.2, -0.15) is 0 Å². The molecule has 0 fully saturated rings. The summed E-state index contributed by atoms with van der Waals surface area (Å²) in [4.78, 5) is 14.4. The Morgan fingerprint density at radius 3 is 2.52 bits per heavy atom. The minimum atomic E-state index is -3.43. The number of sulfone groups is 1. The summed E-state index contributed by atoms with van der Waals surface area (Å²) in [7, 11) is -3.43. The van der Waals surface area contributed by atoms with Crippen molar-refractivity contribution >= 4 is 33.0 Å². The Morgan fingerprint density at radius 2 is 1.96 bits per heavy atom. The van der Waals surface area contributed by atoms with Crippen LogP contribution in [0.2, 0.25) is 5.02 Å². The lowest BCUT2D eigenvalue weighted by Crippen LogP contribution is -2.41. The molecule has 2 aromatic rings. The van der Waals surface area contributed by atoms with Gasteiger partial charge < -0.3 is 9.64 Å². The highest BCUT2D eigenvalue weighted by Gasteiger charge is 2.33. The lowest BCUT2D eigenvalue weighted by Gasteiger charge is -2.28. The van der Waals surface area contributed by atoms with E-state index < -0.39 is 27.6 Å². The number of halogens is 2. The van der Waals surface area contributed by atoms with E-state index >= 15 is 0 Å². The van der Waals surface area contributed by atoms with Gasteiger partial charge in [-0.25, -0.2) is 12.8 Å².